The van der Waals surface area contributed by atoms with E-state index in [1.165, 1.54) is 13.1 Å². The number of rotatable bonds is 0. The fourth-order valence-corrected chi connectivity index (χ4v) is 2.80. The summed E-state index contributed by atoms with van der Waals surface area (Å²) in [4.78, 5) is 4.16. The first-order valence-corrected chi connectivity index (χ1v) is 6.29. The number of sulfonamides is 1. The summed E-state index contributed by atoms with van der Waals surface area (Å²) in [5.74, 6) is -0.0272. The van der Waals surface area contributed by atoms with E-state index in [9.17, 15) is 8.42 Å². The van der Waals surface area contributed by atoms with Crippen LogP contribution in [0.25, 0.3) is 0 Å². The molecule has 2 rings (SSSR count). The van der Waals surface area contributed by atoms with Crippen molar-refractivity contribution >= 4 is 37.6 Å². The molecule has 1 aliphatic heterocycles. The highest BCUT2D eigenvalue weighted by atomic mass is 79.9. The number of fused-ring (bicyclic) bond motifs is 1. The third kappa shape index (κ3) is 1.51. The van der Waals surface area contributed by atoms with Crippen molar-refractivity contribution in [2.75, 3.05) is 7.05 Å². The highest BCUT2D eigenvalue weighted by Gasteiger charge is 2.29. The van der Waals surface area contributed by atoms with Crippen molar-refractivity contribution in [3.8, 4) is 0 Å². The zero-order valence-electron chi connectivity index (χ0n) is 7.81. The predicted octanol–water partition coefficient (Wildman–Crippen LogP) is 1.03. The summed E-state index contributed by atoms with van der Waals surface area (Å²) in [7, 11) is -2.16. The molecule has 80 valence electrons. The van der Waals surface area contributed by atoms with E-state index < -0.39 is 10.0 Å². The smallest absolute Gasteiger partial charge is 0.268 e. The number of benzene rings is 1. The van der Waals surface area contributed by atoms with Gasteiger partial charge in [-0.05, 0) is 18.2 Å². The lowest BCUT2D eigenvalue weighted by atomic mass is 10.3. The minimum atomic E-state index is -3.53. The van der Waals surface area contributed by atoms with Gasteiger partial charge >= 0.3 is 0 Å². The Bertz CT molecular complexity index is 553. The fraction of sp³-hybridized carbons (Fsp3) is 0.125. The Morgan fingerprint density at radius 1 is 1.47 bits per heavy atom. The van der Waals surface area contributed by atoms with Crippen LogP contribution in [0.2, 0.25) is 0 Å². The van der Waals surface area contributed by atoms with Crippen LogP contribution in [0.3, 0.4) is 0 Å². The molecule has 1 heterocycles. The molecule has 1 aromatic carbocycles. The van der Waals surface area contributed by atoms with Gasteiger partial charge in [-0.25, -0.2) is 17.7 Å². The van der Waals surface area contributed by atoms with E-state index in [1.807, 2.05) is 0 Å². The second kappa shape index (κ2) is 3.21. The molecule has 0 radical (unpaired) electrons. The predicted molar refractivity (Wildman–Crippen MR) is 60.4 cm³/mol. The molecule has 0 amide bonds. The average molecular weight is 290 g/mol. The van der Waals surface area contributed by atoms with E-state index in [0.29, 0.717) is 5.69 Å². The number of halogens is 1. The monoisotopic (exact) mass is 289 g/mol. The number of nitrogens with zero attached hydrogens (tertiary/aromatic N) is 2. The van der Waals surface area contributed by atoms with Gasteiger partial charge in [0, 0.05) is 11.5 Å². The number of aliphatic imine (C=N–C) groups is 1. The van der Waals surface area contributed by atoms with Crippen LogP contribution >= 0.6 is 15.9 Å². The molecule has 2 N–H and O–H groups in total. The molecule has 0 spiro atoms. The summed E-state index contributed by atoms with van der Waals surface area (Å²) in [5, 5.41) is 0. The Labute approximate surface area is 95.8 Å². The van der Waals surface area contributed by atoms with Crippen molar-refractivity contribution in [3.05, 3.63) is 22.7 Å². The third-order valence-electron chi connectivity index (χ3n) is 2.12. The SMILES string of the molecule is CN1C(N)=Nc2cc(Br)ccc2S1(=O)=O. The fourth-order valence-electron chi connectivity index (χ4n) is 1.26. The summed E-state index contributed by atoms with van der Waals surface area (Å²) in [6.45, 7) is 0. The summed E-state index contributed by atoms with van der Waals surface area (Å²) < 4.78 is 25.5. The minimum absolute atomic E-state index is 0.0272. The molecule has 0 saturated heterocycles. The van der Waals surface area contributed by atoms with Crippen molar-refractivity contribution in [1.29, 1.82) is 0 Å². The van der Waals surface area contributed by atoms with Crippen molar-refractivity contribution in [2.45, 2.75) is 4.90 Å². The summed E-state index contributed by atoms with van der Waals surface area (Å²) in [6.07, 6.45) is 0. The maximum absolute atomic E-state index is 11.9. The second-order valence-electron chi connectivity index (χ2n) is 3.05. The highest BCUT2D eigenvalue weighted by Crippen LogP contribution is 2.32. The maximum atomic E-state index is 11.9. The van der Waals surface area contributed by atoms with E-state index in [-0.39, 0.29) is 10.9 Å². The lowest BCUT2D eigenvalue weighted by Gasteiger charge is -2.23. The van der Waals surface area contributed by atoms with Crippen molar-refractivity contribution < 1.29 is 8.42 Å². The van der Waals surface area contributed by atoms with Crippen LogP contribution < -0.4 is 5.73 Å². The van der Waals surface area contributed by atoms with E-state index in [0.717, 1.165) is 8.78 Å². The van der Waals surface area contributed by atoms with Gasteiger partial charge in [-0.15, -0.1) is 0 Å². The molecule has 1 aliphatic rings. The third-order valence-corrected chi connectivity index (χ3v) is 4.42. The molecule has 0 bridgehead atoms. The first kappa shape index (κ1) is 10.4. The van der Waals surface area contributed by atoms with Crippen molar-refractivity contribution in [3.63, 3.8) is 0 Å². The van der Waals surface area contributed by atoms with Crippen LogP contribution in [0.15, 0.2) is 32.6 Å². The van der Waals surface area contributed by atoms with Crippen LogP contribution in [0, 0.1) is 0 Å². The normalized spacial score (nSPS) is 18.3. The van der Waals surface area contributed by atoms with Crippen LogP contribution in [0.4, 0.5) is 5.69 Å². The summed E-state index contributed by atoms with van der Waals surface area (Å²) in [5.41, 5.74) is 5.86. The van der Waals surface area contributed by atoms with Crippen molar-refractivity contribution in [1.82, 2.24) is 4.31 Å². The van der Waals surface area contributed by atoms with E-state index in [4.69, 9.17) is 5.73 Å². The number of hydrogen-bond acceptors (Lipinski definition) is 4. The van der Waals surface area contributed by atoms with Gasteiger partial charge in [0.2, 0.25) is 5.96 Å². The van der Waals surface area contributed by atoms with Gasteiger partial charge in [0.1, 0.15) is 4.90 Å². The van der Waals surface area contributed by atoms with Gasteiger partial charge in [0.05, 0.1) is 5.69 Å². The molecule has 0 fully saturated rings. The zero-order chi connectivity index (χ0) is 11.2. The molecule has 0 atom stereocenters. The Morgan fingerprint density at radius 2 is 2.13 bits per heavy atom. The number of nitrogens with two attached hydrogens (primary N) is 1. The van der Waals surface area contributed by atoms with Gasteiger partial charge in [-0.3, -0.25) is 0 Å². The van der Waals surface area contributed by atoms with Crippen LogP contribution in [0.5, 0.6) is 0 Å². The molecular formula is C8H8BrN3O2S. The molecule has 1 aromatic rings. The largest absolute Gasteiger partial charge is 0.369 e. The van der Waals surface area contributed by atoms with Crippen LogP contribution in [-0.2, 0) is 10.0 Å². The average Bonchev–Trinajstić information content (AvgIpc) is 2.14. The molecule has 15 heavy (non-hydrogen) atoms. The summed E-state index contributed by atoms with van der Waals surface area (Å²) in [6, 6.07) is 4.77. The molecule has 0 saturated carbocycles. The highest BCUT2D eigenvalue weighted by molar-refractivity contribution is 9.10. The van der Waals surface area contributed by atoms with E-state index in [2.05, 4.69) is 20.9 Å². The lowest BCUT2D eigenvalue weighted by Crippen LogP contribution is -2.40. The maximum Gasteiger partial charge on any atom is 0.268 e. The van der Waals surface area contributed by atoms with E-state index >= 15 is 0 Å². The Morgan fingerprint density at radius 3 is 2.80 bits per heavy atom. The van der Waals surface area contributed by atoms with Crippen molar-refractivity contribution in [2.24, 2.45) is 10.7 Å². The van der Waals surface area contributed by atoms with Gasteiger partial charge in [0.15, 0.2) is 0 Å². The van der Waals surface area contributed by atoms with Gasteiger partial charge < -0.3 is 5.73 Å². The van der Waals surface area contributed by atoms with E-state index in [1.54, 1.807) is 12.1 Å². The number of guanidine groups is 1. The quantitative estimate of drug-likeness (QED) is 0.775. The van der Waals surface area contributed by atoms with Crippen LogP contribution in [-0.4, -0.2) is 25.7 Å². The second-order valence-corrected chi connectivity index (χ2v) is 5.91. The minimum Gasteiger partial charge on any atom is -0.369 e. The molecule has 0 aromatic heterocycles. The Hall–Kier alpha value is -1.08. The Kier molecular flexibility index (Phi) is 2.23. The van der Waals surface area contributed by atoms with Gasteiger partial charge in [-0.1, -0.05) is 15.9 Å². The summed E-state index contributed by atoms with van der Waals surface area (Å²) >= 11 is 3.24. The molecule has 7 heteroatoms. The standard InChI is InChI=1S/C8H8BrN3O2S/c1-12-8(10)11-6-4-5(9)2-3-7(6)15(12,13)14/h2-4H,1H3,(H2,10,11). The lowest BCUT2D eigenvalue weighted by molar-refractivity contribution is 0.548. The number of hydrogen-bond donors (Lipinski definition) is 1. The Balaban J connectivity index is 2.78. The molecule has 0 aliphatic carbocycles. The first-order chi connectivity index (χ1) is 6.93. The molecule has 5 nitrogen and oxygen atoms in total. The topological polar surface area (TPSA) is 75.8 Å². The molecule has 0 unspecified atom stereocenters. The molecular weight excluding hydrogens is 282 g/mol. The van der Waals surface area contributed by atoms with Crippen LogP contribution in [0.1, 0.15) is 0 Å². The first-order valence-electron chi connectivity index (χ1n) is 4.05. The zero-order valence-corrected chi connectivity index (χ0v) is 10.2. The van der Waals surface area contributed by atoms with Gasteiger partial charge in [0.25, 0.3) is 10.0 Å². The van der Waals surface area contributed by atoms with Gasteiger partial charge in [-0.2, -0.15) is 0 Å².